The second-order valence-electron chi connectivity index (χ2n) is 4.87. The van der Waals surface area contributed by atoms with E-state index in [1.165, 1.54) is 43.5 Å². The number of unbranched alkanes of at least 4 members (excludes halogenated alkanes) is 3. The van der Waals surface area contributed by atoms with Gasteiger partial charge in [0.05, 0.1) is 0 Å². The van der Waals surface area contributed by atoms with Gasteiger partial charge in [-0.15, -0.1) is 0 Å². The summed E-state index contributed by atoms with van der Waals surface area (Å²) < 4.78 is 2.36. The molecule has 0 unspecified atom stereocenters. The van der Waals surface area contributed by atoms with Crippen LogP contribution in [0, 0.1) is 0 Å². The number of aryl methyl sites for hydroxylation is 2. The summed E-state index contributed by atoms with van der Waals surface area (Å²) in [6.45, 7) is 5.54. The monoisotopic (exact) mass is 270 g/mol. The van der Waals surface area contributed by atoms with Crippen molar-refractivity contribution in [1.82, 2.24) is 0 Å². The highest BCUT2D eigenvalue weighted by atomic mass is 35.5. The smallest absolute Gasteiger partial charge is 0.183 e. The van der Waals surface area contributed by atoms with E-state index in [0.717, 1.165) is 6.54 Å². The maximum atomic E-state index is 2.36. The van der Waals surface area contributed by atoms with Crippen LogP contribution >= 0.6 is 0 Å². The first kappa shape index (κ1) is 17.2. The second kappa shape index (κ2) is 9.21. The van der Waals surface area contributed by atoms with Gasteiger partial charge in [0, 0.05) is 38.3 Å². The van der Waals surface area contributed by atoms with Crippen LogP contribution in [0.15, 0.2) is 18.3 Å². The molecule has 18 heavy (non-hydrogen) atoms. The molecule has 0 bridgehead atoms. The predicted octanol–water partition coefficient (Wildman–Crippen LogP) is 0.187. The molecule has 3 heteroatoms. The molecule has 1 heterocycles. The lowest BCUT2D eigenvalue weighted by Gasteiger charge is -2.13. The topological polar surface area (TPSA) is 7.12 Å². The van der Waals surface area contributed by atoms with E-state index in [4.69, 9.17) is 0 Å². The van der Waals surface area contributed by atoms with Crippen molar-refractivity contribution in [3.63, 3.8) is 0 Å². The Balaban J connectivity index is 0.00000289. The molecule has 0 N–H and O–H groups in total. The predicted molar refractivity (Wildman–Crippen MR) is 74.5 cm³/mol. The van der Waals surface area contributed by atoms with E-state index in [9.17, 15) is 0 Å². The molecular weight excluding hydrogens is 244 g/mol. The average molecular weight is 271 g/mol. The molecule has 0 aliphatic heterocycles. The second-order valence-corrected chi connectivity index (χ2v) is 4.87. The molecule has 1 rings (SSSR count). The van der Waals surface area contributed by atoms with Gasteiger partial charge in [0.25, 0.3) is 0 Å². The zero-order chi connectivity index (χ0) is 12.7. The molecule has 2 nitrogen and oxygen atoms in total. The molecule has 0 fully saturated rings. The van der Waals surface area contributed by atoms with Gasteiger partial charge in [0.1, 0.15) is 6.54 Å². The minimum Gasteiger partial charge on any atom is -1.00 e. The van der Waals surface area contributed by atoms with Gasteiger partial charge in [0.15, 0.2) is 11.9 Å². The number of anilines is 1. The van der Waals surface area contributed by atoms with Crippen LogP contribution in [0.3, 0.4) is 0 Å². The van der Waals surface area contributed by atoms with Crippen molar-refractivity contribution in [2.75, 3.05) is 19.0 Å². The number of hydrogen-bond acceptors (Lipinski definition) is 1. The van der Waals surface area contributed by atoms with E-state index in [1.807, 2.05) is 0 Å². The highest BCUT2D eigenvalue weighted by molar-refractivity contribution is 5.43. The fourth-order valence-electron chi connectivity index (χ4n) is 2.10. The number of nitrogens with zero attached hydrogens (tertiary/aromatic N) is 2. The Labute approximate surface area is 118 Å². The lowest BCUT2D eigenvalue weighted by molar-refractivity contribution is -0.700. The summed E-state index contributed by atoms with van der Waals surface area (Å²) in [5, 5.41) is 0. The third-order valence-electron chi connectivity index (χ3n) is 3.25. The molecule has 0 aromatic carbocycles. The summed E-state index contributed by atoms with van der Waals surface area (Å²) in [5.41, 5.74) is 2.77. The Morgan fingerprint density at radius 1 is 1.11 bits per heavy atom. The van der Waals surface area contributed by atoms with E-state index < -0.39 is 0 Å². The fourth-order valence-corrected chi connectivity index (χ4v) is 2.10. The lowest BCUT2D eigenvalue weighted by Crippen LogP contribution is -3.00. The minimum absolute atomic E-state index is 0. The van der Waals surface area contributed by atoms with Crippen LogP contribution in [0.25, 0.3) is 0 Å². The van der Waals surface area contributed by atoms with Crippen LogP contribution in [0.1, 0.15) is 45.2 Å². The molecule has 1 aromatic heterocycles. The van der Waals surface area contributed by atoms with Crippen molar-refractivity contribution >= 4 is 5.69 Å². The van der Waals surface area contributed by atoms with Gasteiger partial charge in [-0.05, 0) is 13.3 Å². The molecule has 0 atom stereocenters. The van der Waals surface area contributed by atoms with Gasteiger partial charge in [0.2, 0.25) is 0 Å². The van der Waals surface area contributed by atoms with Crippen LogP contribution in [-0.2, 0) is 13.0 Å². The quantitative estimate of drug-likeness (QED) is 0.507. The Bertz CT molecular complexity index is 337. The van der Waals surface area contributed by atoms with E-state index >= 15 is 0 Å². The van der Waals surface area contributed by atoms with Gasteiger partial charge < -0.3 is 17.3 Å². The van der Waals surface area contributed by atoms with Crippen molar-refractivity contribution in [2.24, 2.45) is 0 Å². The molecule has 1 aromatic rings. The molecule has 0 spiro atoms. The molecule has 0 saturated carbocycles. The summed E-state index contributed by atoms with van der Waals surface area (Å²) >= 11 is 0. The number of pyridine rings is 1. The molecule has 0 radical (unpaired) electrons. The highest BCUT2D eigenvalue weighted by Crippen LogP contribution is 2.12. The Morgan fingerprint density at radius 3 is 2.39 bits per heavy atom. The van der Waals surface area contributed by atoms with E-state index in [0.29, 0.717) is 0 Å². The maximum Gasteiger partial charge on any atom is 0.183 e. The first-order chi connectivity index (χ1) is 8.19. The molecule has 0 amide bonds. The zero-order valence-corrected chi connectivity index (χ0v) is 13.0. The van der Waals surface area contributed by atoms with Crippen molar-refractivity contribution in [2.45, 2.75) is 52.5 Å². The summed E-state index contributed by atoms with van der Waals surface area (Å²) in [6, 6.07) is 4.52. The van der Waals surface area contributed by atoms with Crippen LogP contribution in [0.2, 0.25) is 0 Å². The van der Waals surface area contributed by atoms with E-state index in [-0.39, 0.29) is 12.4 Å². The van der Waals surface area contributed by atoms with Crippen LogP contribution in [0.5, 0.6) is 0 Å². The van der Waals surface area contributed by atoms with Gasteiger partial charge in [-0.2, -0.15) is 0 Å². The third kappa shape index (κ3) is 5.26. The highest BCUT2D eigenvalue weighted by Gasteiger charge is 2.10. The fraction of sp³-hybridized carbons (Fsp3) is 0.667. The van der Waals surface area contributed by atoms with Crippen molar-refractivity contribution in [3.05, 3.63) is 24.0 Å². The lowest BCUT2D eigenvalue weighted by atomic mass is 10.1. The van der Waals surface area contributed by atoms with E-state index in [2.05, 4.69) is 55.7 Å². The zero-order valence-electron chi connectivity index (χ0n) is 12.2. The van der Waals surface area contributed by atoms with Gasteiger partial charge in [-0.25, -0.2) is 4.57 Å². The SMILES string of the molecule is CCCCCCc1cc(N(C)C)cc[n+]1CC.[Cl-]. The van der Waals surface area contributed by atoms with Gasteiger partial charge in [-0.3, -0.25) is 0 Å². The number of hydrogen-bond donors (Lipinski definition) is 0. The number of rotatable bonds is 7. The molecular formula is C15H27ClN2. The minimum atomic E-state index is 0. The standard InChI is InChI=1S/C15H27N2.ClH/c1-5-7-8-9-10-15-13-14(16(3)4)11-12-17(15)6-2;/h11-13H,5-10H2,1-4H3;1H/q+1;/p-1. The Hall–Kier alpha value is -0.760. The summed E-state index contributed by atoms with van der Waals surface area (Å²) in [7, 11) is 4.21. The maximum absolute atomic E-state index is 2.36. The number of aromatic nitrogens is 1. The third-order valence-corrected chi connectivity index (χ3v) is 3.25. The number of halogens is 1. The van der Waals surface area contributed by atoms with Crippen molar-refractivity contribution < 1.29 is 17.0 Å². The van der Waals surface area contributed by atoms with Crippen molar-refractivity contribution in [1.29, 1.82) is 0 Å². The van der Waals surface area contributed by atoms with Gasteiger partial charge >= 0.3 is 0 Å². The first-order valence-electron chi connectivity index (χ1n) is 6.88. The van der Waals surface area contributed by atoms with Crippen molar-refractivity contribution in [3.8, 4) is 0 Å². The Morgan fingerprint density at radius 2 is 1.83 bits per heavy atom. The molecule has 0 saturated heterocycles. The average Bonchev–Trinajstić information content (AvgIpc) is 2.34. The summed E-state index contributed by atoms with van der Waals surface area (Å²) in [5.74, 6) is 0. The van der Waals surface area contributed by atoms with Crippen LogP contribution < -0.4 is 21.9 Å². The molecule has 0 aliphatic rings. The largest absolute Gasteiger partial charge is 1.00 e. The summed E-state index contributed by atoms with van der Waals surface area (Å²) in [4.78, 5) is 2.18. The molecule has 0 aliphatic carbocycles. The van der Waals surface area contributed by atoms with Crippen LogP contribution in [0.4, 0.5) is 5.69 Å². The van der Waals surface area contributed by atoms with Crippen LogP contribution in [-0.4, -0.2) is 14.1 Å². The molecule has 104 valence electrons. The first-order valence-corrected chi connectivity index (χ1v) is 6.88. The normalized spacial score (nSPS) is 10.0. The van der Waals surface area contributed by atoms with E-state index in [1.54, 1.807) is 0 Å². The van der Waals surface area contributed by atoms with Gasteiger partial charge in [-0.1, -0.05) is 26.2 Å². The Kier molecular flexibility index (Phi) is 8.82. The summed E-state index contributed by atoms with van der Waals surface area (Å²) in [6.07, 6.45) is 8.75.